The molecule has 1 aromatic rings. The maximum atomic E-state index is 6.29. The molecular formula is C14H21Cl. The van der Waals surface area contributed by atoms with E-state index in [1.165, 1.54) is 47.1 Å². The molecule has 0 N–H and O–H groups in total. The number of rotatable bonds is 3. The van der Waals surface area contributed by atoms with E-state index in [1.54, 1.807) is 0 Å². The van der Waals surface area contributed by atoms with Crippen molar-refractivity contribution in [2.45, 2.75) is 53.9 Å². The van der Waals surface area contributed by atoms with Gasteiger partial charge in [0.05, 0.1) is 0 Å². The summed E-state index contributed by atoms with van der Waals surface area (Å²) in [5.41, 5.74) is 6.79. The van der Waals surface area contributed by atoms with E-state index in [2.05, 4.69) is 34.6 Å². The third-order valence-electron chi connectivity index (χ3n) is 3.47. The fourth-order valence-electron chi connectivity index (χ4n) is 2.07. The smallest absolute Gasteiger partial charge is 0.0469 e. The molecule has 1 aromatic carbocycles. The Morgan fingerprint density at radius 1 is 0.867 bits per heavy atom. The van der Waals surface area contributed by atoms with Gasteiger partial charge in [0, 0.05) is 5.02 Å². The Morgan fingerprint density at radius 3 is 1.73 bits per heavy atom. The average Bonchev–Trinajstić information content (AvgIpc) is 2.24. The minimum absolute atomic E-state index is 0.949. The molecule has 0 aliphatic carbocycles. The van der Waals surface area contributed by atoms with E-state index in [4.69, 9.17) is 11.6 Å². The van der Waals surface area contributed by atoms with Crippen LogP contribution in [0.15, 0.2) is 0 Å². The lowest BCUT2D eigenvalue weighted by Gasteiger charge is -2.17. The molecule has 1 heteroatoms. The number of unbranched alkanes of at least 4 members (excludes halogenated alkanes) is 1. The van der Waals surface area contributed by atoms with Crippen LogP contribution < -0.4 is 0 Å². The molecule has 0 amide bonds. The summed E-state index contributed by atoms with van der Waals surface area (Å²) in [5.74, 6) is 0. The highest BCUT2D eigenvalue weighted by molar-refractivity contribution is 6.32. The Morgan fingerprint density at radius 2 is 1.33 bits per heavy atom. The van der Waals surface area contributed by atoms with Crippen molar-refractivity contribution >= 4 is 11.6 Å². The largest absolute Gasteiger partial charge is 0.0837 e. The van der Waals surface area contributed by atoms with E-state index >= 15 is 0 Å². The molecular weight excluding hydrogens is 204 g/mol. The molecule has 0 aromatic heterocycles. The monoisotopic (exact) mass is 224 g/mol. The second kappa shape index (κ2) is 5.03. The Labute approximate surface area is 98.7 Å². The molecule has 1 rings (SSSR count). The van der Waals surface area contributed by atoms with Crippen LogP contribution in [0, 0.1) is 27.7 Å². The van der Waals surface area contributed by atoms with Crippen molar-refractivity contribution in [1.29, 1.82) is 0 Å². The minimum atomic E-state index is 0.949. The standard InChI is InChI=1S/C14H21Cl/c1-6-7-8-13-9(2)11(4)14(15)12(5)10(13)3/h6-8H2,1-5H3. The summed E-state index contributed by atoms with van der Waals surface area (Å²) in [4.78, 5) is 0. The normalized spacial score (nSPS) is 10.8. The van der Waals surface area contributed by atoms with Crippen LogP contribution in [0.1, 0.15) is 47.6 Å². The topological polar surface area (TPSA) is 0 Å². The third kappa shape index (κ3) is 2.36. The predicted octanol–water partition coefficient (Wildman–Crippen LogP) is 4.92. The van der Waals surface area contributed by atoms with Gasteiger partial charge in [-0.05, 0) is 68.4 Å². The highest BCUT2D eigenvalue weighted by Gasteiger charge is 2.12. The van der Waals surface area contributed by atoms with Gasteiger partial charge in [0.25, 0.3) is 0 Å². The number of halogens is 1. The lowest BCUT2D eigenvalue weighted by Crippen LogP contribution is -2.00. The predicted molar refractivity (Wildman–Crippen MR) is 69.0 cm³/mol. The number of hydrogen-bond donors (Lipinski definition) is 0. The Kier molecular flexibility index (Phi) is 4.21. The van der Waals surface area contributed by atoms with Crippen LogP contribution >= 0.6 is 11.6 Å². The Hall–Kier alpha value is -0.490. The van der Waals surface area contributed by atoms with E-state index in [0.717, 1.165) is 5.02 Å². The fraction of sp³-hybridized carbons (Fsp3) is 0.571. The fourth-order valence-corrected chi connectivity index (χ4v) is 2.36. The zero-order valence-electron chi connectivity index (χ0n) is 10.5. The SMILES string of the molecule is CCCCc1c(C)c(C)c(Cl)c(C)c1C. The molecule has 0 nitrogen and oxygen atoms in total. The van der Waals surface area contributed by atoms with E-state index in [1.807, 2.05) is 0 Å². The first-order chi connectivity index (χ1) is 7.00. The van der Waals surface area contributed by atoms with Crippen LogP contribution in [0.4, 0.5) is 0 Å². The zero-order chi connectivity index (χ0) is 11.6. The van der Waals surface area contributed by atoms with Gasteiger partial charge in [-0.15, -0.1) is 0 Å². The maximum absolute atomic E-state index is 6.29. The van der Waals surface area contributed by atoms with E-state index < -0.39 is 0 Å². The molecule has 0 aliphatic heterocycles. The molecule has 0 spiro atoms. The first-order valence-electron chi connectivity index (χ1n) is 5.75. The van der Waals surface area contributed by atoms with Crippen molar-refractivity contribution in [3.05, 3.63) is 32.8 Å². The Bertz CT molecular complexity index is 335. The van der Waals surface area contributed by atoms with E-state index in [-0.39, 0.29) is 0 Å². The molecule has 0 unspecified atom stereocenters. The van der Waals surface area contributed by atoms with Gasteiger partial charge < -0.3 is 0 Å². The summed E-state index contributed by atoms with van der Waals surface area (Å²) in [6.07, 6.45) is 3.70. The average molecular weight is 225 g/mol. The summed E-state index contributed by atoms with van der Waals surface area (Å²) < 4.78 is 0. The highest BCUT2D eigenvalue weighted by atomic mass is 35.5. The van der Waals surface area contributed by atoms with Crippen molar-refractivity contribution in [1.82, 2.24) is 0 Å². The van der Waals surface area contributed by atoms with Crippen molar-refractivity contribution < 1.29 is 0 Å². The van der Waals surface area contributed by atoms with Crippen molar-refractivity contribution in [2.24, 2.45) is 0 Å². The van der Waals surface area contributed by atoms with E-state index in [0.29, 0.717) is 0 Å². The lowest BCUT2D eigenvalue weighted by atomic mass is 9.91. The van der Waals surface area contributed by atoms with Crippen molar-refractivity contribution in [3.63, 3.8) is 0 Å². The first kappa shape index (κ1) is 12.6. The molecule has 0 atom stereocenters. The van der Waals surface area contributed by atoms with Crippen LogP contribution in [0.2, 0.25) is 5.02 Å². The molecule has 0 radical (unpaired) electrons. The van der Waals surface area contributed by atoms with Gasteiger partial charge >= 0.3 is 0 Å². The zero-order valence-corrected chi connectivity index (χ0v) is 11.3. The van der Waals surface area contributed by atoms with Crippen LogP contribution in [0.5, 0.6) is 0 Å². The molecule has 0 saturated heterocycles. The molecule has 84 valence electrons. The summed E-state index contributed by atoms with van der Waals surface area (Å²) in [5, 5.41) is 0.949. The summed E-state index contributed by atoms with van der Waals surface area (Å²) >= 11 is 6.29. The van der Waals surface area contributed by atoms with Crippen molar-refractivity contribution in [3.8, 4) is 0 Å². The van der Waals surface area contributed by atoms with Gasteiger partial charge in [0.15, 0.2) is 0 Å². The second-order valence-electron chi connectivity index (χ2n) is 4.40. The van der Waals surface area contributed by atoms with Crippen molar-refractivity contribution in [2.75, 3.05) is 0 Å². The second-order valence-corrected chi connectivity index (χ2v) is 4.77. The lowest BCUT2D eigenvalue weighted by molar-refractivity contribution is 0.785. The van der Waals surface area contributed by atoms with Crippen LogP contribution in [0.25, 0.3) is 0 Å². The Balaban J connectivity index is 3.26. The third-order valence-corrected chi connectivity index (χ3v) is 4.04. The van der Waals surface area contributed by atoms with Gasteiger partial charge in [0.2, 0.25) is 0 Å². The highest BCUT2D eigenvalue weighted by Crippen LogP contribution is 2.30. The van der Waals surface area contributed by atoms with Gasteiger partial charge in [-0.3, -0.25) is 0 Å². The first-order valence-corrected chi connectivity index (χ1v) is 6.13. The molecule has 15 heavy (non-hydrogen) atoms. The summed E-state index contributed by atoms with van der Waals surface area (Å²) in [7, 11) is 0. The van der Waals surface area contributed by atoms with E-state index in [9.17, 15) is 0 Å². The van der Waals surface area contributed by atoms with Crippen LogP contribution in [-0.2, 0) is 6.42 Å². The summed E-state index contributed by atoms with van der Waals surface area (Å²) in [6.45, 7) is 10.9. The number of hydrogen-bond acceptors (Lipinski definition) is 0. The van der Waals surface area contributed by atoms with Crippen LogP contribution in [-0.4, -0.2) is 0 Å². The quantitative estimate of drug-likeness (QED) is 0.684. The van der Waals surface area contributed by atoms with Gasteiger partial charge in [-0.2, -0.15) is 0 Å². The van der Waals surface area contributed by atoms with Gasteiger partial charge in [-0.1, -0.05) is 24.9 Å². The number of benzene rings is 1. The maximum Gasteiger partial charge on any atom is 0.0469 e. The van der Waals surface area contributed by atoms with Gasteiger partial charge in [0.1, 0.15) is 0 Å². The minimum Gasteiger partial charge on any atom is -0.0837 e. The molecule has 0 heterocycles. The molecule has 0 fully saturated rings. The summed E-state index contributed by atoms with van der Waals surface area (Å²) in [6, 6.07) is 0. The molecule has 0 saturated carbocycles. The molecule has 0 bridgehead atoms. The van der Waals surface area contributed by atoms with Crippen LogP contribution in [0.3, 0.4) is 0 Å². The van der Waals surface area contributed by atoms with Gasteiger partial charge in [-0.25, -0.2) is 0 Å². The molecule has 0 aliphatic rings.